The van der Waals surface area contributed by atoms with Gasteiger partial charge in [-0.05, 0) is 53.5 Å². The van der Waals surface area contributed by atoms with E-state index in [1.807, 2.05) is 84.9 Å². The van der Waals surface area contributed by atoms with Crippen molar-refractivity contribution in [2.45, 2.75) is 51.0 Å². The Balaban J connectivity index is 2.02. The second-order valence-electron chi connectivity index (χ2n) is 10.9. The second-order valence-corrected chi connectivity index (χ2v) is 15.6. The molecule has 0 saturated heterocycles. The van der Waals surface area contributed by atoms with Crippen LogP contribution in [0.5, 0.6) is 5.75 Å². The molecule has 0 bridgehead atoms. The fraction of sp³-hybridized carbons (Fsp3) is 0.323. The zero-order valence-electron chi connectivity index (χ0n) is 23.2. The van der Waals surface area contributed by atoms with Gasteiger partial charge in [0.25, 0.3) is 0 Å². The van der Waals surface area contributed by atoms with E-state index in [1.165, 1.54) is 7.11 Å². The summed E-state index contributed by atoms with van der Waals surface area (Å²) in [4.78, 5) is 20.5. The monoisotopic (exact) mass is 531 g/mol. The first-order valence-electron chi connectivity index (χ1n) is 12.8. The lowest BCUT2D eigenvalue weighted by atomic mass is 9.92. The van der Waals surface area contributed by atoms with Crippen LogP contribution in [0, 0.1) is 0 Å². The number of carbonyl (C=O) groups is 1. The Bertz CT molecular complexity index is 1270. The summed E-state index contributed by atoms with van der Waals surface area (Å²) >= 11 is 0. The molecule has 0 fully saturated rings. The molecule has 1 heterocycles. The predicted molar refractivity (Wildman–Crippen MR) is 152 cm³/mol. The van der Waals surface area contributed by atoms with Crippen LogP contribution in [0.15, 0.2) is 96.3 Å². The highest BCUT2D eigenvalue weighted by Gasteiger charge is 2.47. The maximum atomic E-state index is 13.7. The molecule has 0 radical (unpaired) electrons. The molecule has 3 aromatic rings. The first-order valence-corrected chi connectivity index (χ1v) is 15.7. The zero-order chi connectivity index (χ0) is 27.5. The summed E-state index contributed by atoms with van der Waals surface area (Å²) in [6, 6.07) is 26.7. The van der Waals surface area contributed by atoms with Gasteiger partial charge in [-0.25, -0.2) is 9.86 Å². The van der Waals surface area contributed by atoms with Crippen molar-refractivity contribution < 1.29 is 23.5 Å². The molecule has 0 aliphatic carbocycles. The van der Waals surface area contributed by atoms with E-state index in [4.69, 9.17) is 18.7 Å². The Labute approximate surface area is 226 Å². The highest BCUT2D eigenvalue weighted by Crippen LogP contribution is 2.49. The first kappa shape index (κ1) is 27.5. The molecule has 4 rings (SSSR count). The summed E-state index contributed by atoms with van der Waals surface area (Å²) in [5, 5.41) is 1.69. The molecule has 6 nitrogen and oxygen atoms in total. The minimum Gasteiger partial charge on any atom is -0.544 e. The van der Waals surface area contributed by atoms with Gasteiger partial charge in [-0.2, -0.15) is 0 Å². The van der Waals surface area contributed by atoms with E-state index in [-0.39, 0.29) is 5.04 Å². The largest absolute Gasteiger partial charge is 0.544 e. The topological polar surface area (TPSA) is 57.2 Å². The van der Waals surface area contributed by atoms with Gasteiger partial charge in [0.05, 0.1) is 19.9 Å². The third-order valence-corrected chi connectivity index (χ3v) is 11.7. The minimum absolute atomic E-state index is 0.107. The first-order chi connectivity index (χ1) is 18.1. The number of carbonyl (C=O) groups excluding carboxylic acids is 1. The summed E-state index contributed by atoms with van der Waals surface area (Å²) in [6.07, 6.45) is -0.677. The quantitative estimate of drug-likeness (QED) is 0.234. The Hall–Kier alpha value is -3.55. The summed E-state index contributed by atoms with van der Waals surface area (Å²) in [7, 11) is 0.637. The zero-order valence-corrected chi connectivity index (χ0v) is 24.2. The van der Waals surface area contributed by atoms with E-state index in [9.17, 15) is 4.79 Å². The molecule has 200 valence electrons. The fourth-order valence-corrected chi connectivity index (χ4v) is 5.26. The Morgan fingerprint density at radius 1 is 0.842 bits per heavy atom. The van der Waals surface area contributed by atoms with Gasteiger partial charge in [-0.15, -0.1) is 0 Å². The van der Waals surface area contributed by atoms with Crippen LogP contribution in [0.4, 0.5) is 5.69 Å². The fourth-order valence-electron chi connectivity index (χ4n) is 4.19. The van der Waals surface area contributed by atoms with Crippen molar-refractivity contribution in [2.24, 2.45) is 0 Å². The number of ether oxygens (including phenoxy) is 2. The van der Waals surface area contributed by atoms with E-state index in [0.29, 0.717) is 11.3 Å². The third-order valence-electron chi connectivity index (χ3n) is 7.35. The minimum atomic E-state index is -2.41. The van der Waals surface area contributed by atoms with Gasteiger partial charge in [0.2, 0.25) is 8.32 Å². The van der Waals surface area contributed by atoms with Gasteiger partial charge in [-0.1, -0.05) is 81.4 Å². The maximum Gasteiger partial charge on any atom is 0.339 e. The Morgan fingerprint density at radius 2 is 1.42 bits per heavy atom. The molecule has 0 N–H and O–H groups in total. The van der Waals surface area contributed by atoms with E-state index in [1.54, 1.807) is 12.2 Å². The van der Waals surface area contributed by atoms with Crippen molar-refractivity contribution in [1.29, 1.82) is 0 Å². The lowest BCUT2D eigenvalue weighted by Crippen LogP contribution is -2.46. The van der Waals surface area contributed by atoms with Gasteiger partial charge in [0.15, 0.2) is 6.10 Å². The highest BCUT2D eigenvalue weighted by molar-refractivity contribution is 6.74. The van der Waals surface area contributed by atoms with Gasteiger partial charge in [-0.3, -0.25) is 4.84 Å². The van der Waals surface area contributed by atoms with Gasteiger partial charge >= 0.3 is 5.97 Å². The van der Waals surface area contributed by atoms with Crippen LogP contribution in [0.25, 0.3) is 0 Å². The highest BCUT2D eigenvalue weighted by atomic mass is 28.4. The predicted octanol–water partition coefficient (Wildman–Crippen LogP) is 7.38. The molecule has 1 aliphatic rings. The molecule has 0 unspecified atom stereocenters. The standard InChI is InChI=1S/C31H37NO5Si/c1-31(2,3)38(6,7)37-29-26(30(33)35-5)27(22-14-10-8-11-15-22)32(24-16-12-9-13-17-24)36-28(29)23-18-20-25(34-4)21-19-23/h8-21,27-28H,1-7H3/t27-,28+/m0/s1. The van der Waals surface area contributed by atoms with E-state index in [0.717, 1.165) is 22.6 Å². The third kappa shape index (κ3) is 5.49. The lowest BCUT2D eigenvalue weighted by molar-refractivity contribution is -0.138. The molecule has 1 aliphatic heterocycles. The molecular formula is C31H37NO5Si. The van der Waals surface area contributed by atoms with Crippen molar-refractivity contribution in [1.82, 2.24) is 0 Å². The van der Waals surface area contributed by atoms with Crippen LogP contribution < -0.4 is 9.80 Å². The van der Waals surface area contributed by atoms with Crippen LogP contribution in [-0.2, 0) is 18.8 Å². The van der Waals surface area contributed by atoms with Crippen LogP contribution in [0.2, 0.25) is 18.1 Å². The Kier molecular flexibility index (Phi) is 7.99. The van der Waals surface area contributed by atoms with Crippen molar-refractivity contribution in [3.8, 4) is 5.75 Å². The second kappa shape index (κ2) is 11.1. The normalized spacial score (nSPS) is 18.2. The number of methoxy groups -OCH3 is 2. The summed E-state index contributed by atoms with van der Waals surface area (Å²) in [5.74, 6) is 0.778. The molecule has 0 amide bonds. The smallest absolute Gasteiger partial charge is 0.339 e. The Morgan fingerprint density at radius 3 is 1.95 bits per heavy atom. The number of anilines is 1. The van der Waals surface area contributed by atoms with Crippen LogP contribution in [-0.4, -0.2) is 28.5 Å². The number of esters is 1. The van der Waals surface area contributed by atoms with E-state index < -0.39 is 26.4 Å². The summed E-state index contributed by atoms with van der Waals surface area (Å²) < 4.78 is 17.8. The van der Waals surface area contributed by atoms with Crippen LogP contribution in [0.1, 0.15) is 44.0 Å². The number of nitrogens with zero attached hydrogens (tertiary/aromatic N) is 1. The number of rotatable bonds is 7. The molecule has 3 aromatic carbocycles. The summed E-state index contributed by atoms with van der Waals surface area (Å²) in [6.45, 7) is 10.9. The van der Waals surface area contributed by atoms with Crippen molar-refractivity contribution >= 4 is 20.0 Å². The van der Waals surface area contributed by atoms with Crippen molar-refractivity contribution in [2.75, 3.05) is 19.3 Å². The average molecular weight is 532 g/mol. The number of hydrogen-bond donors (Lipinski definition) is 0. The average Bonchev–Trinajstić information content (AvgIpc) is 2.92. The number of benzene rings is 3. The molecule has 7 heteroatoms. The maximum absolute atomic E-state index is 13.7. The molecule has 0 spiro atoms. The molecule has 0 saturated carbocycles. The number of hydrogen-bond acceptors (Lipinski definition) is 6. The van der Waals surface area contributed by atoms with Gasteiger partial charge in [0.1, 0.15) is 23.1 Å². The SMILES string of the molecule is COC(=O)C1=C(O[Si](C)(C)C(C)(C)C)[C@@H](c2ccc(OC)cc2)ON(c2ccccc2)[C@H]1c1ccccc1. The number of hydroxylamine groups is 1. The molecule has 2 atom stereocenters. The van der Waals surface area contributed by atoms with Gasteiger partial charge in [0, 0.05) is 0 Å². The lowest BCUT2D eigenvalue weighted by Gasteiger charge is -2.45. The molecular weight excluding hydrogens is 494 g/mol. The van der Waals surface area contributed by atoms with Crippen LogP contribution >= 0.6 is 0 Å². The van der Waals surface area contributed by atoms with Crippen molar-refractivity contribution in [3.05, 3.63) is 107 Å². The van der Waals surface area contributed by atoms with E-state index in [2.05, 4.69) is 33.9 Å². The van der Waals surface area contributed by atoms with Crippen LogP contribution in [0.3, 0.4) is 0 Å². The van der Waals surface area contributed by atoms with Gasteiger partial charge < -0.3 is 13.9 Å². The number of para-hydroxylation sites is 1. The summed E-state index contributed by atoms with van der Waals surface area (Å²) in [5.41, 5.74) is 2.97. The molecule has 0 aromatic heterocycles. The van der Waals surface area contributed by atoms with Crippen molar-refractivity contribution in [3.63, 3.8) is 0 Å². The van der Waals surface area contributed by atoms with E-state index >= 15 is 0 Å². The molecule has 38 heavy (non-hydrogen) atoms.